The third-order valence-electron chi connectivity index (χ3n) is 15.3. The van der Waals surface area contributed by atoms with Gasteiger partial charge in [-0.3, -0.25) is 14.4 Å². The van der Waals surface area contributed by atoms with Gasteiger partial charge < -0.3 is 39.0 Å². The van der Waals surface area contributed by atoms with Crippen LogP contribution in [0.3, 0.4) is 0 Å². The van der Waals surface area contributed by atoms with Gasteiger partial charge in [-0.1, -0.05) is 259 Å². The lowest BCUT2D eigenvalue weighted by molar-refractivity contribution is -0.301. The Morgan fingerprint density at radius 1 is 0.391 bits per heavy atom. The molecule has 0 spiro atoms. The van der Waals surface area contributed by atoms with Crippen LogP contribution in [-0.4, -0.2) is 89.2 Å². The first-order chi connectivity index (χ1) is 42.6. The van der Waals surface area contributed by atoms with Crippen molar-refractivity contribution in [1.82, 2.24) is 0 Å². The highest BCUT2D eigenvalue weighted by atomic mass is 16.7. The minimum absolute atomic E-state index is 0.0384. The molecule has 1 fully saturated rings. The zero-order valence-corrected chi connectivity index (χ0v) is 55.0. The molecule has 1 aliphatic heterocycles. The summed E-state index contributed by atoms with van der Waals surface area (Å²) in [5.41, 5.74) is 0. The van der Waals surface area contributed by atoms with Crippen molar-refractivity contribution in [3.05, 3.63) is 109 Å². The molecule has 0 amide bonds. The zero-order valence-electron chi connectivity index (χ0n) is 55.0. The maximum Gasteiger partial charge on any atom is 0.335 e. The lowest BCUT2D eigenvalue weighted by Crippen LogP contribution is -2.61. The number of unbranched alkanes of at least 4 members (excludes halogenated alkanes) is 27. The second kappa shape index (κ2) is 61.6. The van der Waals surface area contributed by atoms with Crippen LogP contribution in [-0.2, 0) is 42.9 Å². The van der Waals surface area contributed by atoms with Crippen molar-refractivity contribution in [3.8, 4) is 0 Å². The van der Waals surface area contributed by atoms with Gasteiger partial charge >= 0.3 is 23.9 Å². The van der Waals surface area contributed by atoms with Crippen molar-refractivity contribution in [2.24, 2.45) is 0 Å². The van der Waals surface area contributed by atoms with E-state index in [0.717, 1.165) is 154 Å². The summed E-state index contributed by atoms with van der Waals surface area (Å²) in [5.74, 6) is -3.15. The van der Waals surface area contributed by atoms with E-state index in [-0.39, 0.29) is 25.9 Å². The van der Waals surface area contributed by atoms with Crippen molar-refractivity contribution < 1.29 is 58.2 Å². The van der Waals surface area contributed by atoms with E-state index in [4.69, 9.17) is 23.7 Å². The monoisotopic (exact) mass is 1220 g/mol. The van der Waals surface area contributed by atoms with E-state index in [1.165, 1.54) is 77.0 Å². The molecule has 0 aromatic rings. The smallest absolute Gasteiger partial charge is 0.335 e. The van der Waals surface area contributed by atoms with Gasteiger partial charge in [-0.25, -0.2) is 4.79 Å². The van der Waals surface area contributed by atoms with Gasteiger partial charge in [0.05, 0.1) is 6.61 Å². The van der Waals surface area contributed by atoms with Crippen LogP contribution in [0.1, 0.15) is 290 Å². The van der Waals surface area contributed by atoms with Crippen LogP contribution in [0.4, 0.5) is 0 Å². The number of allylic oxidation sites excluding steroid dienone is 18. The van der Waals surface area contributed by atoms with E-state index < -0.39 is 67.3 Å². The molecule has 1 rings (SSSR count). The largest absolute Gasteiger partial charge is 0.479 e. The second-order valence-electron chi connectivity index (χ2n) is 23.4. The Bertz CT molecular complexity index is 1930. The molecular formula is C75H124O12. The maximum absolute atomic E-state index is 13.3. The molecule has 1 saturated heterocycles. The number of aliphatic carboxylic acids is 1. The fourth-order valence-electron chi connectivity index (χ4n) is 10.1. The number of carbonyl (C=O) groups excluding carboxylic acids is 3. The molecule has 0 aliphatic carbocycles. The molecular weight excluding hydrogens is 1090 g/mol. The molecule has 87 heavy (non-hydrogen) atoms. The number of esters is 3. The van der Waals surface area contributed by atoms with Crippen LogP contribution in [0, 0.1) is 0 Å². The topological polar surface area (TPSA) is 175 Å². The van der Waals surface area contributed by atoms with Crippen LogP contribution < -0.4 is 0 Å². The Labute approximate surface area is 529 Å². The highest BCUT2D eigenvalue weighted by Gasteiger charge is 2.50. The lowest BCUT2D eigenvalue weighted by atomic mass is 9.98. The van der Waals surface area contributed by atoms with Gasteiger partial charge in [0.1, 0.15) is 18.8 Å². The molecule has 6 atom stereocenters. The maximum atomic E-state index is 13.3. The Morgan fingerprint density at radius 2 is 0.724 bits per heavy atom. The Kier molecular flexibility index (Phi) is 56.9. The first-order valence-electron chi connectivity index (χ1n) is 34.9. The summed E-state index contributed by atoms with van der Waals surface area (Å²) in [5, 5.41) is 31.7. The predicted molar refractivity (Wildman–Crippen MR) is 358 cm³/mol. The molecule has 1 heterocycles. The van der Waals surface area contributed by atoms with Gasteiger partial charge in [-0.15, -0.1) is 0 Å². The Balaban J connectivity index is 2.66. The number of hydrogen-bond acceptors (Lipinski definition) is 11. The van der Waals surface area contributed by atoms with Gasteiger partial charge in [-0.05, 0) is 122 Å². The number of hydrogen-bond donors (Lipinski definition) is 3. The molecule has 1 aliphatic rings. The molecule has 0 aromatic carbocycles. The number of carbonyl (C=O) groups is 4. The van der Waals surface area contributed by atoms with Gasteiger partial charge in [-0.2, -0.15) is 0 Å². The fourth-order valence-corrected chi connectivity index (χ4v) is 10.1. The number of rotatable bonds is 59. The molecule has 3 N–H and O–H groups in total. The Morgan fingerprint density at radius 3 is 1.11 bits per heavy atom. The second-order valence-corrected chi connectivity index (χ2v) is 23.4. The highest BCUT2D eigenvalue weighted by molar-refractivity contribution is 5.74. The van der Waals surface area contributed by atoms with Crippen LogP contribution >= 0.6 is 0 Å². The van der Waals surface area contributed by atoms with Crippen molar-refractivity contribution in [1.29, 1.82) is 0 Å². The van der Waals surface area contributed by atoms with Crippen LogP contribution in [0.2, 0.25) is 0 Å². The fraction of sp³-hybridized carbons (Fsp3) is 0.707. The van der Waals surface area contributed by atoms with E-state index in [0.29, 0.717) is 19.3 Å². The van der Waals surface area contributed by atoms with E-state index in [2.05, 4.69) is 130 Å². The lowest BCUT2D eigenvalue weighted by Gasteiger charge is -2.40. The molecule has 0 bridgehead atoms. The average molecular weight is 1220 g/mol. The average Bonchev–Trinajstić information content (AvgIpc) is 2.56. The van der Waals surface area contributed by atoms with Gasteiger partial charge in [0.25, 0.3) is 0 Å². The SMILES string of the molecule is CC/C=C\C/C=C\C/C=C\C/C=C\CCCCCCCCC(=O)OCC(COC1OC(C(=O)O)C(O)C(O)C1OC(=O)CCCCCCCC/C=C\C/C=C\C/C=C\C/C=C\CC)OC(=O)CCCCCCCCCCC/C=C\CCCCCCCC. The molecule has 0 aromatic heterocycles. The van der Waals surface area contributed by atoms with Crippen molar-refractivity contribution >= 4 is 23.9 Å². The minimum atomic E-state index is -1.92. The third kappa shape index (κ3) is 50.9. The summed E-state index contributed by atoms with van der Waals surface area (Å²) in [6, 6.07) is 0. The van der Waals surface area contributed by atoms with E-state index in [9.17, 15) is 34.5 Å². The summed E-state index contributed by atoms with van der Waals surface area (Å²) >= 11 is 0. The summed E-state index contributed by atoms with van der Waals surface area (Å²) in [4.78, 5) is 51.5. The van der Waals surface area contributed by atoms with E-state index in [1.54, 1.807) is 0 Å². The molecule has 496 valence electrons. The highest BCUT2D eigenvalue weighted by Crippen LogP contribution is 2.27. The number of carboxylic acids is 1. The van der Waals surface area contributed by atoms with Crippen molar-refractivity contribution in [3.63, 3.8) is 0 Å². The molecule has 6 unspecified atom stereocenters. The zero-order chi connectivity index (χ0) is 63.1. The Hall–Kier alpha value is -4.62. The van der Waals surface area contributed by atoms with Crippen LogP contribution in [0.25, 0.3) is 0 Å². The minimum Gasteiger partial charge on any atom is -0.479 e. The summed E-state index contributed by atoms with van der Waals surface area (Å²) in [6.07, 6.45) is 71.7. The first-order valence-corrected chi connectivity index (χ1v) is 34.9. The van der Waals surface area contributed by atoms with Crippen molar-refractivity contribution in [2.75, 3.05) is 13.2 Å². The van der Waals surface area contributed by atoms with Gasteiger partial charge in [0.2, 0.25) is 0 Å². The molecule has 12 heteroatoms. The summed E-state index contributed by atoms with van der Waals surface area (Å²) in [7, 11) is 0. The van der Waals surface area contributed by atoms with Crippen molar-refractivity contribution in [2.45, 2.75) is 327 Å². The van der Waals surface area contributed by atoms with Gasteiger partial charge in [0, 0.05) is 19.3 Å². The quantitative estimate of drug-likeness (QED) is 0.0228. The predicted octanol–water partition coefficient (Wildman–Crippen LogP) is 19.4. The van der Waals surface area contributed by atoms with Gasteiger partial charge in [0.15, 0.2) is 24.6 Å². The van der Waals surface area contributed by atoms with Crippen LogP contribution in [0.15, 0.2) is 109 Å². The van der Waals surface area contributed by atoms with E-state index >= 15 is 0 Å². The summed E-state index contributed by atoms with van der Waals surface area (Å²) in [6.45, 7) is 5.78. The van der Waals surface area contributed by atoms with E-state index in [1.807, 2.05) is 0 Å². The number of ether oxygens (including phenoxy) is 5. The molecule has 12 nitrogen and oxygen atoms in total. The normalized spacial score (nSPS) is 18.0. The third-order valence-corrected chi connectivity index (χ3v) is 15.3. The number of carboxylic acid groups (broad SMARTS) is 1. The molecule has 0 saturated carbocycles. The number of aliphatic hydroxyl groups is 2. The molecule has 0 radical (unpaired) electrons. The van der Waals surface area contributed by atoms with Crippen LogP contribution in [0.5, 0.6) is 0 Å². The standard InChI is InChI=1S/C75H124O12/c1-4-7-10-13-16-19-22-25-28-31-34-37-40-43-46-49-52-55-58-61-67(76)83-64-66(85-68(77)62-59-56-53-50-47-44-41-38-35-32-29-26-23-20-17-14-11-8-5-2)65-84-75-73(71(80)70(79)72(87-75)74(81)82)86-69(78)63-60-57-54-51-48-45-42-39-36-33-30-27-24-21-18-15-12-9-6-3/h7,9-10,12,16,18-19,21,25-30,34,36-37,39,66,70-73,75,79-80H,4-6,8,11,13-15,17,20,22-24,31-33,35,38,40-65H2,1-3H3,(H,81,82)/b10-7-,12-9-,19-16-,21-18-,28-25-,29-26-,30-27-,37-34-,39-36-. The first kappa shape index (κ1) is 80.4. The summed E-state index contributed by atoms with van der Waals surface area (Å²) < 4.78 is 28.6. The number of aliphatic hydroxyl groups excluding tert-OH is 2.